The standard InChI is InChI=1S/C24H17ClO5/c1-14-6-11-20-19(12-14)21(26)23(30-24(27)16-4-3-5-17(25)13-16)22(29-20)15-7-9-18(28-2)10-8-15/h3-13H,1-2H3. The van der Waals surface area contributed by atoms with Gasteiger partial charge in [0.25, 0.3) is 0 Å². The van der Waals surface area contributed by atoms with Gasteiger partial charge in [0, 0.05) is 10.6 Å². The molecule has 0 saturated carbocycles. The Bertz CT molecular complexity index is 1310. The molecule has 0 saturated heterocycles. The number of aryl methyl sites for hydroxylation is 1. The molecule has 150 valence electrons. The van der Waals surface area contributed by atoms with Crippen molar-refractivity contribution in [3.63, 3.8) is 0 Å². The number of esters is 1. The van der Waals surface area contributed by atoms with Crippen LogP contribution in [-0.4, -0.2) is 13.1 Å². The van der Waals surface area contributed by atoms with E-state index in [2.05, 4.69) is 0 Å². The van der Waals surface area contributed by atoms with Crippen LogP contribution >= 0.6 is 11.6 Å². The summed E-state index contributed by atoms with van der Waals surface area (Å²) in [6, 6.07) is 18.5. The molecule has 0 amide bonds. The summed E-state index contributed by atoms with van der Waals surface area (Å²) in [6.07, 6.45) is 0. The molecule has 0 bridgehead atoms. The van der Waals surface area contributed by atoms with Gasteiger partial charge < -0.3 is 13.9 Å². The van der Waals surface area contributed by atoms with Gasteiger partial charge in [-0.05, 0) is 61.5 Å². The molecular weight excluding hydrogens is 404 g/mol. The highest BCUT2D eigenvalue weighted by molar-refractivity contribution is 6.30. The number of rotatable bonds is 4. The van der Waals surface area contributed by atoms with Crippen LogP contribution in [0.3, 0.4) is 0 Å². The Morgan fingerprint density at radius 2 is 1.77 bits per heavy atom. The lowest BCUT2D eigenvalue weighted by molar-refractivity contribution is 0.0731. The van der Waals surface area contributed by atoms with E-state index in [-0.39, 0.29) is 17.1 Å². The SMILES string of the molecule is COc1ccc(-c2oc3ccc(C)cc3c(=O)c2OC(=O)c2cccc(Cl)c2)cc1. The summed E-state index contributed by atoms with van der Waals surface area (Å²) in [4.78, 5) is 26.0. The lowest BCUT2D eigenvalue weighted by atomic mass is 10.1. The zero-order valence-electron chi connectivity index (χ0n) is 16.3. The van der Waals surface area contributed by atoms with Gasteiger partial charge in [0.1, 0.15) is 11.3 Å². The minimum atomic E-state index is -0.702. The predicted molar refractivity (Wildman–Crippen MR) is 116 cm³/mol. The van der Waals surface area contributed by atoms with Crippen molar-refractivity contribution in [1.82, 2.24) is 0 Å². The number of ether oxygens (including phenoxy) is 2. The largest absolute Gasteiger partial charge is 0.497 e. The Kier molecular flexibility index (Phi) is 5.29. The summed E-state index contributed by atoms with van der Waals surface area (Å²) in [5, 5.41) is 0.724. The molecule has 0 N–H and O–H groups in total. The third-order valence-corrected chi connectivity index (χ3v) is 4.85. The Balaban J connectivity index is 1.89. The fourth-order valence-electron chi connectivity index (χ4n) is 3.08. The van der Waals surface area contributed by atoms with Gasteiger partial charge in [-0.2, -0.15) is 0 Å². The number of hydrogen-bond acceptors (Lipinski definition) is 5. The third kappa shape index (κ3) is 3.80. The van der Waals surface area contributed by atoms with Crippen molar-refractivity contribution in [3.05, 3.63) is 93.1 Å². The fourth-order valence-corrected chi connectivity index (χ4v) is 3.27. The van der Waals surface area contributed by atoms with Crippen molar-refractivity contribution in [2.75, 3.05) is 7.11 Å². The van der Waals surface area contributed by atoms with Gasteiger partial charge in [-0.1, -0.05) is 29.3 Å². The first-order chi connectivity index (χ1) is 14.5. The quantitative estimate of drug-likeness (QED) is 0.399. The second-order valence-corrected chi connectivity index (χ2v) is 7.15. The first kappa shape index (κ1) is 19.7. The lowest BCUT2D eigenvalue weighted by Crippen LogP contribution is -2.16. The van der Waals surface area contributed by atoms with E-state index in [9.17, 15) is 9.59 Å². The molecular formula is C24H17ClO5. The average molecular weight is 421 g/mol. The Hall–Kier alpha value is -3.57. The second-order valence-electron chi connectivity index (χ2n) is 6.72. The monoisotopic (exact) mass is 420 g/mol. The Labute approximate surface area is 177 Å². The van der Waals surface area contributed by atoms with E-state index in [1.165, 1.54) is 6.07 Å². The van der Waals surface area contributed by atoms with E-state index < -0.39 is 11.4 Å². The van der Waals surface area contributed by atoms with Crippen molar-refractivity contribution >= 4 is 28.5 Å². The Morgan fingerprint density at radius 1 is 1.00 bits per heavy atom. The van der Waals surface area contributed by atoms with Crippen LogP contribution in [-0.2, 0) is 0 Å². The normalized spacial score (nSPS) is 10.8. The Morgan fingerprint density at radius 3 is 2.47 bits per heavy atom. The summed E-state index contributed by atoms with van der Waals surface area (Å²) >= 11 is 5.97. The molecule has 0 aliphatic heterocycles. The van der Waals surface area contributed by atoms with Crippen molar-refractivity contribution in [2.45, 2.75) is 6.92 Å². The van der Waals surface area contributed by atoms with Gasteiger partial charge in [0.2, 0.25) is 11.2 Å². The molecule has 1 heterocycles. The van der Waals surface area contributed by atoms with E-state index in [4.69, 9.17) is 25.5 Å². The zero-order chi connectivity index (χ0) is 21.3. The molecule has 6 heteroatoms. The molecule has 30 heavy (non-hydrogen) atoms. The van der Waals surface area contributed by atoms with Gasteiger partial charge in [0.05, 0.1) is 18.1 Å². The van der Waals surface area contributed by atoms with Crippen molar-refractivity contribution in [2.24, 2.45) is 0 Å². The number of halogens is 1. The van der Waals surface area contributed by atoms with Crippen LogP contribution in [0.15, 0.2) is 75.9 Å². The maximum atomic E-state index is 13.2. The molecule has 0 aliphatic carbocycles. The molecule has 0 spiro atoms. The number of hydrogen-bond donors (Lipinski definition) is 0. The molecule has 1 aromatic heterocycles. The number of methoxy groups -OCH3 is 1. The van der Waals surface area contributed by atoms with Gasteiger partial charge in [-0.15, -0.1) is 0 Å². The van der Waals surface area contributed by atoms with Crippen molar-refractivity contribution < 1.29 is 18.7 Å². The van der Waals surface area contributed by atoms with E-state index in [1.54, 1.807) is 61.7 Å². The van der Waals surface area contributed by atoms with Crippen LogP contribution in [0.25, 0.3) is 22.3 Å². The highest BCUT2D eigenvalue weighted by Crippen LogP contribution is 2.32. The highest BCUT2D eigenvalue weighted by atomic mass is 35.5. The summed E-state index contributed by atoms with van der Waals surface area (Å²) in [6.45, 7) is 1.87. The van der Waals surface area contributed by atoms with Crippen molar-refractivity contribution in [3.8, 4) is 22.8 Å². The van der Waals surface area contributed by atoms with Crippen LogP contribution in [0.2, 0.25) is 5.02 Å². The first-order valence-corrected chi connectivity index (χ1v) is 9.53. The van der Waals surface area contributed by atoms with Crippen LogP contribution in [0.5, 0.6) is 11.5 Å². The van der Waals surface area contributed by atoms with E-state index in [0.717, 1.165) is 5.56 Å². The number of benzene rings is 3. The zero-order valence-corrected chi connectivity index (χ0v) is 17.0. The maximum Gasteiger partial charge on any atom is 0.343 e. The average Bonchev–Trinajstić information content (AvgIpc) is 2.76. The summed E-state index contributed by atoms with van der Waals surface area (Å²) in [7, 11) is 1.56. The number of carbonyl (C=O) groups excluding carboxylic acids is 1. The van der Waals surface area contributed by atoms with Crippen LogP contribution in [0, 0.1) is 6.92 Å². The minimum absolute atomic E-state index is 0.161. The van der Waals surface area contributed by atoms with E-state index >= 15 is 0 Å². The molecule has 0 unspecified atom stereocenters. The first-order valence-electron chi connectivity index (χ1n) is 9.16. The fraction of sp³-hybridized carbons (Fsp3) is 0.0833. The molecule has 0 atom stereocenters. The van der Waals surface area contributed by atoms with Crippen LogP contribution in [0.1, 0.15) is 15.9 Å². The van der Waals surface area contributed by atoms with Gasteiger partial charge in [-0.25, -0.2) is 4.79 Å². The topological polar surface area (TPSA) is 65.7 Å². The third-order valence-electron chi connectivity index (χ3n) is 4.61. The molecule has 3 aromatic carbocycles. The van der Waals surface area contributed by atoms with E-state index in [0.29, 0.717) is 27.3 Å². The van der Waals surface area contributed by atoms with Crippen LogP contribution in [0.4, 0.5) is 0 Å². The highest BCUT2D eigenvalue weighted by Gasteiger charge is 2.21. The molecule has 4 rings (SSSR count). The molecule has 4 aromatic rings. The minimum Gasteiger partial charge on any atom is -0.497 e. The van der Waals surface area contributed by atoms with E-state index in [1.807, 2.05) is 13.0 Å². The molecule has 0 aliphatic rings. The smallest absolute Gasteiger partial charge is 0.343 e. The molecule has 0 fully saturated rings. The van der Waals surface area contributed by atoms with Gasteiger partial charge >= 0.3 is 5.97 Å². The van der Waals surface area contributed by atoms with Crippen LogP contribution < -0.4 is 14.9 Å². The number of carbonyl (C=O) groups is 1. The van der Waals surface area contributed by atoms with Gasteiger partial charge in [-0.3, -0.25) is 4.79 Å². The maximum absolute atomic E-state index is 13.2. The number of fused-ring (bicyclic) bond motifs is 1. The second kappa shape index (κ2) is 8.05. The summed E-state index contributed by atoms with van der Waals surface area (Å²) in [5.41, 5.74) is 1.66. The predicted octanol–water partition coefficient (Wildman–Crippen LogP) is 5.65. The van der Waals surface area contributed by atoms with Gasteiger partial charge in [0.15, 0.2) is 5.76 Å². The van der Waals surface area contributed by atoms with Crippen molar-refractivity contribution in [1.29, 1.82) is 0 Å². The molecule has 5 nitrogen and oxygen atoms in total. The molecule has 0 radical (unpaired) electrons. The summed E-state index contributed by atoms with van der Waals surface area (Å²) < 4.78 is 16.7. The summed E-state index contributed by atoms with van der Waals surface area (Å²) in [5.74, 6) is -0.0702. The lowest BCUT2D eigenvalue weighted by Gasteiger charge is -2.11.